The Morgan fingerprint density at radius 2 is 2.24 bits per heavy atom. The molecule has 0 bridgehead atoms. The fraction of sp³-hybridized carbons (Fsp3) is 0.818. The number of likely N-dealkylation sites (tertiary alicyclic amines) is 1. The fourth-order valence-corrected chi connectivity index (χ4v) is 2.09. The quantitative estimate of drug-likeness (QED) is 0.618. The number of hydrogen-bond acceptors (Lipinski definition) is 4. The predicted molar refractivity (Wildman–Crippen MR) is 61.7 cm³/mol. The summed E-state index contributed by atoms with van der Waals surface area (Å²) < 4.78 is 4.85. The van der Waals surface area contributed by atoms with Crippen molar-refractivity contribution in [1.82, 2.24) is 10.2 Å². The lowest BCUT2D eigenvalue weighted by Crippen LogP contribution is -2.42. The number of nitrogens with one attached hydrogen (secondary N) is 1. The maximum atomic E-state index is 11.8. The highest BCUT2D eigenvalue weighted by Gasteiger charge is 2.37. The molecule has 0 aromatic rings. The summed E-state index contributed by atoms with van der Waals surface area (Å²) in [7, 11) is 1.60. The third kappa shape index (κ3) is 3.67. The van der Waals surface area contributed by atoms with Crippen LogP contribution in [0.2, 0.25) is 0 Å². The molecule has 0 spiro atoms. The molecule has 0 radical (unpaired) electrons. The predicted octanol–water partition coefficient (Wildman–Crippen LogP) is -0.456. The van der Waals surface area contributed by atoms with Crippen LogP contribution in [-0.4, -0.2) is 61.3 Å². The molecular formula is C11H20N2O4. The van der Waals surface area contributed by atoms with Crippen molar-refractivity contribution in [1.29, 1.82) is 0 Å². The normalized spacial score (nSPS) is 24.0. The molecule has 2 N–H and O–H groups in total. The third-order valence-corrected chi connectivity index (χ3v) is 3.15. The first-order valence-electron chi connectivity index (χ1n) is 5.80. The van der Waals surface area contributed by atoms with Gasteiger partial charge in [-0.15, -0.1) is 0 Å². The minimum absolute atomic E-state index is 0.0441. The van der Waals surface area contributed by atoms with E-state index in [9.17, 15) is 9.59 Å². The molecule has 1 amide bonds. The molecule has 0 aromatic heterocycles. The van der Waals surface area contributed by atoms with Crippen molar-refractivity contribution in [3.8, 4) is 0 Å². The van der Waals surface area contributed by atoms with Gasteiger partial charge in [-0.05, 0) is 13.3 Å². The topological polar surface area (TPSA) is 78.9 Å². The van der Waals surface area contributed by atoms with Crippen molar-refractivity contribution in [2.75, 3.05) is 33.4 Å². The molecule has 2 unspecified atom stereocenters. The van der Waals surface area contributed by atoms with Gasteiger partial charge < -0.3 is 20.1 Å². The average Bonchev–Trinajstić information content (AvgIpc) is 2.66. The Balaban J connectivity index is 2.35. The molecule has 0 saturated carbocycles. The molecule has 1 saturated heterocycles. The van der Waals surface area contributed by atoms with Gasteiger partial charge >= 0.3 is 5.97 Å². The van der Waals surface area contributed by atoms with Gasteiger partial charge in [0.25, 0.3) is 0 Å². The third-order valence-electron chi connectivity index (χ3n) is 3.15. The molecule has 2 atom stereocenters. The summed E-state index contributed by atoms with van der Waals surface area (Å²) in [6, 6.07) is -0.218. The van der Waals surface area contributed by atoms with E-state index in [2.05, 4.69) is 5.32 Å². The number of methoxy groups -OCH3 is 1. The maximum Gasteiger partial charge on any atom is 0.308 e. The number of carboxylic acids is 1. The maximum absolute atomic E-state index is 11.8. The number of hydrogen-bond donors (Lipinski definition) is 2. The molecule has 1 rings (SSSR count). The fourth-order valence-electron chi connectivity index (χ4n) is 2.09. The lowest BCUT2D eigenvalue weighted by molar-refractivity contribution is -0.143. The van der Waals surface area contributed by atoms with E-state index in [1.54, 1.807) is 18.9 Å². The van der Waals surface area contributed by atoms with Crippen molar-refractivity contribution >= 4 is 11.9 Å². The highest BCUT2D eigenvalue weighted by Crippen LogP contribution is 2.23. The SMILES string of the molecule is COCCNCC(=O)N1CCC(C(=O)O)C1C. The van der Waals surface area contributed by atoms with E-state index in [0.717, 1.165) is 0 Å². The molecule has 1 heterocycles. The summed E-state index contributed by atoms with van der Waals surface area (Å²) in [6.45, 7) is 3.73. The molecule has 17 heavy (non-hydrogen) atoms. The van der Waals surface area contributed by atoms with Gasteiger partial charge in [0.15, 0.2) is 0 Å². The summed E-state index contributed by atoms with van der Waals surface area (Å²) >= 11 is 0. The number of carbonyl (C=O) groups is 2. The van der Waals surface area contributed by atoms with Crippen molar-refractivity contribution in [3.63, 3.8) is 0 Å². The second kappa shape index (κ2) is 6.56. The molecule has 6 nitrogen and oxygen atoms in total. The van der Waals surface area contributed by atoms with E-state index >= 15 is 0 Å². The van der Waals surface area contributed by atoms with Crippen molar-refractivity contribution in [2.45, 2.75) is 19.4 Å². The average molecular weight is 244 g/mol. The van der Waals surface area contributed by atoms with Crippen LogP contribution in [0.4, 0.5) is 0 Å². The lowest BCUT2D eigenvalue weighted by Gasteiger charge is -2.23. The van der Waals surface area contributed by atoms with Gasteiger partial charge in [-0.3, -0.25) is 9.59 Å². The first-order valence-corrected chi connectivity index (χ1v) is 5.80. The van der Waals surface area contributed by atoms with Crippen LogP contribution in [0.25, 0.3) is 0 Å². The van der Waals surface area contributed by atoms with E-state index < -0.39 is 11.9 Å². The van der Waals surface area contributed by atoms with E-state index in [1.807, 2.05) is 0 Å². The van der Waals surface area contributed by atoms with Gasteiger partial charge in [-0.2, -0.15) is 0 Å². The minimum Gasteiger partial charge on any atom is -0.481 e. The van der Waals surface area contributed by atoms with Gasteiger partial charge in [0.2, 0.25) is 5.91 Å². The molecule has 1 fully saturated rings. The molecule has 1 aliphatic rings. The van der Waals surface area contributed by atoms with Crippen molar-refractivity contribution < 1.29 is 19.4 Å². The Labute approximate surface area is 101 Å². The summed E-state index contributed by atoms with van der Waals surface area (Å²) in [4.78, 5) is 24.4. The van der Waals surface area contributed by atoms with E-state index in [0.29, 0.717) is 26.1 Å². The van der Waals surface area contributed by atoms with E-state index in [1.165, 1.54) is 0 Å². The number of ether oxygens (including phenoxy) is 1. The van der Waals surface area contributed by atoms with Gasteiger partial charge in [-0.1, -0.05) is 0 Å². The van der Waals surface area contributed by atoms with E-state index in [-0.39, 0.29) is 18.5 Å². The van der Waals surface area contributed by atoms with Crippen LogP contribution >= 0.6 is 0 Å². The summed E-state index contributed by atoms with van der Waals surface area (Å²) in [5.41, 5.74) is 0. The number of carbonyl (C=O) groups excluding carboxylic acids is 1. The van der Waals surface area contributed by atoms with Gasteiger partial charge in [0, 0.05) is 26.2 Å². The Morgan fingerprint density at radius 3 is 2.76 bits per heavy atom. The van der Waals surface area contributed by atoms with Crippen LogP contribution in [0.1, 0.15) is 13.3 Å². The Kier molecular flexibility index (Phi) is 5.37. The van der Waals surface area contributed by atoms with Crippen LogP contribution < -0.4 is 5.32 Å². The Bertz CT molecular complexity index is 283. The molecule has 6 heteroatoms. The molecule has 0 aromatic carbocycles. The second-order valence-corrected chi connectivity index (χ2v) is 4.23. The van der Waals surface area contributed by atoms with Crippen LogP contribution in [0.5, 0.6) is 0 Å². The number of amides is 1. The van der Waals surface area contributed by atoms with Crippen LogP contribution in [-0.2, 0) is 14.3 Å². The monoisotopic (exact) mass is 244 g/mol. The number of rotatable bonds is 6. The van der Waals surface area contributed by atoms with Gasteiger partial charge in [0.05, 0.1) is 19.1 Å². The Morgan fingerprint density at radius 1 is 1.53 bits per heavy atom. The molecular weight excluding hydrogens is 224 g/mol. The van der Waals surface area contributed by atoms with Gasteiger partial charge in [-0.25, -0.2) is 0 Å². The van der Waals surface area contributed by atoms with Crippen LogP contribution in [0.15, 0.2) is 0 Å². The van der Waals surface area contributed by atoms with E-state index in [4.69, 9.17) is 9.84 Å². The lowest BCUT2D eigenvalue weighted by atomic mass is 10.0. The summed E-state index contributed by atoms with van der Waals surface area (Å²) in [5, 5.41) is 11.9. The van der Waals surface area contributed by atoms with Crippen LogP contribution in [0.3, 0.4) is 0 Å². The smallest absolute Gasteiger partial charge is 0.308 e. The Hall–Kier alpha value is -1.14. The molecule has 98 valence electrons. The summed E-state index contributed by atoms with van der Waals surface area (Å²) in [6.07, 6.45) is 0.542. The van der Waals surface area contributed by atoms with Gasteiger partial charge in [0.1, 0.15) is 0 Å². The zero-order valence-corrected chi connectivity index (χ0v) is 10.3. The number of nitrogens with zero attached hydrogens (tertiary/aromatic N) is 1. The summed E-state index contributed by atoms with van der Waals surface area (Å²) in [5.74, 6) is -1.30. The largest absolute Gasteiger partial charge is 0.481 e. The standard InChI is InChI=1S/C11H20N2O4/c1-8-9(11(15)16)3-5-13(8)10(14)7-12-4-6-17-2/h8-9,12H,3-7H2,1-2H3,(H,15,16). The first-order chi connectivity index (χ1) is 8.07. The zero-order valence-electron chi connectivity index (χ0n) is 10.3. The zero-order chi connectivity index (χ0) is 12.8. The van der Waals surface area contributed by atoms with Crippen molar-refractivity contribution in [2.24, 2.45) is 5.92 Å². The highest BCUT2D eigenvalue weighted by atomic mass is 16.5. The first kappa shape index (κ1) is 13.9. The highest BCUT2D eigenvalue weighted by molar-refractivity contribution is 5.81. The number of aliphatic carboxylic acids is 1. The second-order valence-electron chi connectivity index (χ2n) is 4.23. The molecule has 0 aliphatic carbocycles. The number of carboxylic acid groups (broad SMARTS) is 1. The van der Waals surface area contributed by atoms with Crippen LogP contribution in [0, 0.1) is 5.92 Å². The molecule has 1 aliphatic heterocycles. The van der Waals surface area contributed by atoms with Crippen molar-refractivity contribution in [3.05, 3.63) is 0 Å². The minimum atomic E-state index is -0.819.